The van der Waals surface area contributed by atoms with E-state index in [4.69, 9.17) is 4.74 Å². The van der Waals surface area contributed by atoms with Gasteiger partial charge in [-0.05, 0) is 68.4 Å². The molecule has 0 saturated carbocycles. The smallest absolute Gasteiger partial charge is 0.346 e. The lowest BCUT2D eigenvalue weighted by atomic mass is 9.96. The Labute approximate surface area is 177 Å². The van der Waals surface area contributed by atoms with Gasteiger partial charge in [-0.25, -0.2) is 4.79 Å². The third-order valence-corrected chi connectivity index (χ3v) is 5.87. The first kappa shape index (κ1) is 20.1. The van der Waals surface area contributed by atoms with Crippen LogP contribution in [0.2, 0.25) is 0 Å². The topological polar surface area (TPSA) is 60.2 Å². The number of aromatic nitrogens is 3. The van der Waals surface area contributed by atoms with E-state index in [1.54, 1.807) is 13.3 Å². The van der Waals surface area contributed by atoms with Crippen LogP contribution in [0.3, 0.4) is 0 Å². The van der Waals surface area contributed by atoms with Gasteiger partial charge in [0.15, 0.2) is 0 Å². The molecule has 6 heteroatoms. The second-order valence-electron chi connectivity index (χ2n) is 8.00. The summed E-state index contributed by atoms with van der Waals surface area (Å²) in [6, 6.07) is 14.4. The Morgan fingerprint density at radius 2 is 1.87 bits per heavy atom. The monoisotopic (exact) mass is 404 g/mol. The van der Waals surface area contributed by atoms with Crippen molar-refractivity contribution in [3.63, 3.8) is 0 Å². The highest BCUT2D eigenvalue weighted by atomic mass is 16.5. The Balaban J connectivity index is 1.57. The Bertz CT molecular complexity index is 1010. The molecule has 0 N–H and O–H groups in total. The van der Waals surface area contributed by atoms with Crippen molar-refractivity contribution in [2.45, 2.75) is 45.6 Å². The number of methoxy groups -OCH3 is 1. The van der Waals surface area contributed by atoms with Crippen LogP contribution in [0.25, 0.3) is 11.3 Å². The van der Waals surface area contributed by atoms with E-state index in [0.717, 1.165) is 54.7 Å². The molecule has 2 heterocycles. The van der Waals surface area contributed by atoms with Gasteiger partial charge >= 0.3 is 6.03 Å². The standard InChI is InChI=1S/C24H28N4O2/c1-17-13-21(30-3)14-18(2)23(17)22-16-28(26-25-22)24(29)27-12-8-7-11-20(27)15-19-9-5-4-6-10-19/h4-6,9-10,13-14,16,20H,7-8,11-12,15H2,1-3H3. The normalized spacial score (nSPS) is 16.5. The predicted molar refractivity (Wildman–Crippen MR) is 117 cm³/mol. The van der Waals surface area contributed by atoms with E-state index in [2.05, 4.69) is 22.4 Å². The van der Waals surface area contributed by atoms with Gasteiger partial charge in [-0.15, -0.1) is 5.10 Å². The molecule has 0 spiro atoms. The predicted octanol–water partition coefficient (Wildman–Crippen LogP) is 4.64. The first-order valence-corrected chi connectivity index (χ1v) is 10.5. The molecule has 1 saturated heterocycles. The minimum Gasteiger partial charge on any atom is -0.497 e. The maximum atomic E-state index is 13.3. The number of aryl methyl sites for hydroxylation is 2. The SMILES string of the molecule is COc1cc(C)c(-c2cn(C(=O)N3CCCCC3Cc3ccccc3)nn2)c(C)c1. The van der Waals surface area contributed by atoms with Crippen LogP contribution in [0.4, 0.5) is 4.79 Å². The van der Waals surface area contributed by atoms with Crippen molar-refractivity contribution in [2.24, 2.45) is 0 Å². The first-order chi connectivity index (χ1) is 14.6. The van der Waals surface area contributed by atoms with E-state index >= 15 is 0 Å². The summed E-state index contributed by atoms with van der Waals surface area (Å²) in [5.74, 6) is 0.814. The third kappa shape index (κ3) is 4.08. The molecule has 0 radical (unpaired) electrons. The summed E-state index contributed by atoms with van der Waals surface area (Å²) in [7, 11) is 1.66. The fourth-order valence-corrected chi connectivity index (χ4v) is 4.40. The number of hydrogen-bond acceptors (Lipinski definition) is 4. The Morgan fingerprint density at radius 1 is 1.13 bits per heavy atom. The van der Waals surface area contributed by atoms with Gasteiger partial charge in [0.2, 0.25) is 0 Å². The second kappa shape index (κ2) is 8.69. The highest BCUT2D eigenvalue weighted by molar-refractivity contribution is 5.78. The molecule has 3 aromatic rings. The molecule has 4 rings (SSSR count). The van der Waals surface area contributed by atoms with Gasteiger partial charge in [0, 0.05) is 18.2 Å². The van der Waals surface area contributed by atoms with Crippen LogP contribution < -0.4 is 4.74 Å². The van der Waals surface area contributed by atoms with Crippen molar-refractivity contribution in [2.75, 3.05) is 13.7 Å². The molecule has 1 fully saturated rings. The second-order valence-corrected chi connectivity index (χ2v) is 8.00. The summed E-state index contributed by atoms with van der Waals surface area (Å²) in [4.78, 5) is 15.2. The number of carbonyl (C=O) groups excluding carboxylic acids is 1. The molecule has 1 unspecified atom stereocenters. The Hall–Kier alpha value is -3.15. The largest absolute Gasteiger partial charge is 0.497 e. The number of rotatable bonds is 4. The summed E-state index contributed by atoms with van der Waals surface area (Å²) in [6.07, 6.45) is 5.80. The Kier molecular flexibility index (Phi) is 5.84. The molecule has 6 nitrogen and oxygen atoms in total. The number of ether oxygens (including phenoxy) is 1. The molecule has 1 aliphatic heterocycles. The van der Waals surface area contributed by atoms with Crippen LogP contribution >= 0.6 is 0 Å². The van der Waals surface area contributed by atoms with Gasteiger partial charge in [0.1, 0.15) is 11.4 Å². The molecule has 0 bridgehead atoms. The highest BCUT2D eigenvalue weighted by Crippen LogP contribution is 2.30. The van der Waals surface area contributed by atoms with E-state index in [1.165, 1.54) is 10.2 Å². The molecular formula is C24H28N4O2. The van der Waals surface area contributed by atoms with Crippen LogP contribution in [-0.2, 0) is 6.42 Å². The number of amides is 1. The van der Waals surface area contributed by atoms with Gasteiger partial charge in [0.05, 0.1) is 13.3 Å². The van der Waals surface area contributed by atoms with Crippen LogP contribution in [0.15, 0.2) is 48.7 Å². The third-order valence-electron chi connectivity index (χ3n) is 5.87. The Morgan fingerprint density at radius 3 is 2.57 bits per heavy atom. The van der Waals surface area contributed by atoms with Crippen LogP contribution in [-0.4, -0.2) is 45.6 Å². The number of carbonyl (C=O) groups is 1. The zero-order chi connectivity index (χ0) is 21.1. The summed E-state index contributed by atoms with van der Waals surface area (Å²) >= 11 is 0. The average molecular weight is 405 g/mol. The van der Waals surface area contributed by atoms with Crippen molar-refractivity contribution in [1.29, 1.82) is 0 Å². The molecule has 1 aliphatic rings. The maximum absolute atomic E-state index is 13.3. The molecule has 30 heavy (non-hydrogen) atoms. The van der Waals surface area contributed by atoms with Crippen molar-refractivity contribution in [3.05, 3.63) is 65.4 Å². The minimum absolute atomic E-state index is 0.0989. The average Bonchev–Trinajstić information content (AvgIpc) is 3.23. The number of piperidine rings is 1. The molecule has 2 aromatic carbocycles. The number of nitrogens with zero attached hydrogens (tertiary/aromatic N) is 4. The number of benzene rings is 2. The minimum atomic E-state index is -0.0989. The van der Waals surface area contributed by atoms with Crippen molar-refractivity contribution < 1.29 is 9.53 Å². The van der Waals surface area contributed by atoms with E-state index in [0.29, 0.717) is 5.69 Å². The van der Waals surface area contributed by atoms with Crippen LogP contribution in [0.1, 0.15) is 36.0 Å². The molecular weight excluding hydrogens is 376 g/mol. The van der Waals surface area contributed by atoms with E-state index < -0.39 is 0 Å². The molecule has 0 aliphatic carbocycles. The van der Waals surface area contributed by atoms with E-state index in [-0.39, 0.29) is 12.1 Å². The molecule has 1 amide bonds. The lowest BCUT2D eigenvalue weighted by molar-refractivity contribution is 0.149. The molecule has 1 atom stereocenters. The van der Waals surface area contributed by atoms with Gasteiger partial charge in [0.25, 0.3) is 0 Å². The van der Waals surface area contributed by atoms with Gasteiger partial charge in [-0.2, -0.15) is 4.68 Å². The lowest BCUT2D eigenvalue weighted by Crippen LogP contribution is -2.46. The fraction of sp³-hybridized carbons (Fsp3) is 0.375. The van der Waals surface area contributed by atoms with Gasteiger partial charge in [-0.3, -0.25) is 0 Å². The quantitative estimate of drug-likeness (QED) is 0.636. The van der Waals surface area contributed by atoms with Crippen molar-refractivity contribution >= 4 is 6.03 Å². The highest BCUT2D eigenvalue weighted by Gasteiger charge is 2.29. The molecule has 1 aromatic heterocycles. The van der Waals surface area contributed by atoms with E-state index in [9.17, 15) is 4.79 Å². The summed E-state index contributed by atoms with van der Waals surface area (Å²) in [5, 5.41) is 8.49. The van der Waals surface area contributed by atoms with Crippen LogP contribution in [0.5, 0.6) is 5.75 Å². The van der Waals surface area contributed by atoms with E-state index in [1.807, 2.05) is 49.1 Å². The zero-order valence-corrected chi connectivity index (χ0v) is 17.8. The van der Waals surface area contributed by atoms with Crippen LogP contribution in [0, 0.1) is 13.8 Å². The summed E-state index contributed by atoms with van der Waals surface area (Å²) < 4.78 is 6.74. The summed E-state index contributed by atoms with van der Waals surface area (Å²) in [6.45, 7) is 4.80. The first-order valence-electron chi connectivity index (χ1n) is 10.5. The zero-order valence-electron chi connectivity index (χ0n) is 17.8. The fourth-order valence-electron chi connectivity index (χ4n) is 4.40. The lowest BCUT2D eigenvalue weighted by Gasteiger charge is -2.35. The number of likely N-dealkylation sites (tertiary alicyclic amines) is 1. The van der Waals surface area contributed by atoms with Crippen molar-refractivity contribution in [1.82, 2.24) is 19.9 Å². The van der Waals surface area contributed by atoms with Gasteiger partial charge in [-0.1, -0.05) is 35.5 Å². The number of hydrogen-bond donors (Lipinski definition) is 0. The van der Waals surface area contributed by atoms with Crippen molar-refractivity contribution in [3.8, 4) is 17.0 Å². The maximum Gasteiger partial charge on any atom is 0.346 e. The summed E-state index contributed by atoms with van der Waals surface area (Å²) in [5.41, 5.74) is 5.05. The van der Waals surface area contributed by atoms with Gasteiger partial charge < -0.3 is 9.64 Å². The molecule has 156 valence electrons.